The third-order valence-corrected chi connectivity index (χ3v) is 5.12. The van der Waals surface area contributed by atoms with Crippen LogP contribution in [-0.2, 0) is 16.0 Å². The van der Waals surface area contributed by atoms with E-state index in [9.17, 15) is 9.59 Å². The van der Waals surface area contributed by atoms with E-state index in [0.29, 0.717) is 18.8 Å². The Morgan fingerprint density at radius 1 is 1.23 bits per heavy atom. The van der Waals surface area contributed by atoms with Gasteiger partial charge in [-0.2, -0.15) is 0 Å². The zero-order chi connectivity index (χ0) is 15.6. The van der Waals surface area contributed by atoms with E-state index in [0.717, 1.165) is 32.4 Å². The van der Waals surface area contributed by atoms with Crippen LogP contribution in [0.25, 0.3) is 0 Å². The van der Waals surface area contributed by atoms with Crippen molar-refractivity contribution in [3.05, 3.63) is 35.9 Å². The molecule has 1 saturated heterocycles. The minimum atomic E-state index is -0.860. The second kappa shape index (κ2) is 6.11. The summed E-state index contributed by atoms with van der Waals surface area (Å²) in [6, 6.07) is 10.5. The lowest BCUT2D eigenvalue weighted by Crippen LogP contribution is -2.47. The van der Waals surface area contributed by atoms with E-state index in [2.05, 4.69) is 24.3 Å². The summed E-state index contributed by atoms with van der Waals surface area (Å²) in [5, 5.41) is 0. The van der Waals surface area contributed by atoms with E-state index in [1.807, 2.05) is 11.0 Å². The topological polar surface area (TPSA) is 63.4 Å². The number of rotatable bonds is 5. The first-order valence-electron chi connectivity index (χ1n) is 8.25. The molecule has 1 saturated carbocycles. The van der Waals surface area contributed by atoms with Gasteiger partial charge in [-0.1, -0.05) is 30.3 Å². The number of amides is 2. The Balaban J connectivity index is 1.55. The van der Waals surface area contributed by atoms with Crippen LogP contribution in [-0.4, -0.2) is 29.8 Å². The number of hydrogen-bond donors (Lipinski definition) is 1. The number of benzene rings is 1. The van der Waals surface area contributed by atoms with Crippen molar-refractivity contribution in [3.63, 3.8) is 0 Å². The predicted molar refractivity (Wildman–Crippen MR) is 84.9 cm³/mol. The quantitative estimate of drug-likeness (QED) is 0.847. The third-order valence-electron chi connectivity index (χ3n) is 5.12. The average molecular weight is 300 g/mol. The molecule has 4 heteroatoms. The summed E-state index contributed by atoms with van der Waals surface area (Å²) in [6.45, 7) is 1.55. The van der Waals surface area contributed by atoms with Crippen molar-refractivity contribution in [1.82, 2.24) is 4.90 Å². The molecular weight excluding hydrogens is 276 g/mol. The molecule has 1 atom stereocenters. The Kier molecular flexibility index (Phi) is 4.19. The van der Waals surface area contributed by atoms with Crippen molar-refractivity contribution in [2.45, 2.75) is 38.5 Å². The van der Waals surface area contributed by atoms with Gasteiger partial charge in [0.15, 0.2) is 0 Å². The van der Waals surface area contributed by atoms with Crippen LogP contribution in [0.1, 0.15) is 37.7 Å². The van der Waals surface area contributed by atoms with Crippen LogP contribution in [0.4, 0.5) is 0 Å². The van der Waals surface area contributed by atoms with Crippen LogP contribution in [0.15, 0.2) is 30.3 Å². The van der Waals surface area contributed by atoms with Crippen molar-refractivity contribution in [2.75, 3.05) is 13.1 Å². The minimum absolute atomic E-state index is 0.0237. The van der Waals surface area contributed by atoms with Gasteiger partial charge in [0.2, 0.25) is 11.8 Å². The molecule has 2 aliphatic rings. The standard InChI is InChI=1S/C18H24N2O2/c19-16(21)18(10-11-18)17(22)20-12-4-7-15(13-20)9-8-14-5-2-1-3-6-14/h1-3,5-6,15H,4,7-13H2,(H2,19,21)/t15-/m0/s1. The third kappa shape index (κ3) is 3.01. The highest BCUT2D eigenvalue weighted by Gasteiger charge is 2.57. The molecule has 0 radical (unpaired) electrons. The van der Waals surface area contributed by atoms with E-state index in [-0.39, 0.29) is 5.91 Å². The van der Waals surface area contributed by atoms with Gasteiger partial charge in [0.25, 0.3) is 0 Å². The maximum atomic E-state index is 12.6. The largest absolute Gasteiger partial charge is 0.369 e. The van der Waals surface area contributed by atoms with E-state index in [1.54, 1.807) is 0 Å². The highest BCUT2D eigenvalue weighted by molar-refractivity contribution is 6.07. The number of primary amides is 1. The maximum Gasteiger partial charge on any atom is 0.238 e. The van der Waals surface area contributed by atoms with Gasteiger partial charge in [0.1, 0.15) is 5.41 Å². The van der Waals surface area contributed by atoms with Gasteiger partial charge in [-0.15, -0.1) is 0 Å². The number of piperidine rings is 1. The molecule has 1 aromatic carbocycles. The number of likely N-dealkylation sites (tertiary alicyclic amines) is 1. The lowest BCUT2D eigenvalue weighted by Gasteiger charge is -2.34. The van der Waals surface area contributed by atoms with Crippen LogP contribution in [0, 0.1) is 11.3 Å². The lowest BCUT2D eigenvalue weighted by molar-refractivity contribution is -0.144. The molecule has 0 bridgehead atoms. The number of carbonyl (C=O) groups is 2. The first-order chi connectivity index (χ1) is 10.6. The Morgan fingerprint density at radius 3 is 2.59 bits per heavy atom. The van der Waals surface area contributed by atoms with Gasteiger partial charge in [-0.25, -0.2) is 0 Å². The number of aryl methyl sites for hydroxylation is 1. The van der Waals surface area contributed by atoms with Gasteiger partial charge < -0.3 is 10.6 Å². The van der Waals surface area contributed by atoms with Crippen molar-refractivity contribution in [3.8, 4) is 0 Å². The molecule has 4 nitrogen and oxygen atoms in total. The predicted octanol–water partition coefficient (Wildman–Crippen LogP) is 2.12. The Morgan fingerprint density at radius 2 is 1.95 bits per heavy atom. The van der Waals surface area contributed by atoms with Crippen molar-refractivity contribution in [2.24, 2.45) is 17.1 Å². The lowest BCUT2D eigenvalue weighted by atomic mass is 9.90. The normalized spacial score (nSPS) is 23.1. The van der Waals surface area contributed by atoms with Gasteiger partial charge >= 0.3 is 0 Å². The molecule has 22 heavy (non-hydrogen) atoms. The number of nitrogens with zero attached hydrogens (tertiary/aromatic N) is 1. The summed E-state index contributed by atoms with van der Waals surface area (Å²) in [6.07, 6.45) is 5.60. The highest BCUT2D eigenvalue weighted by atomic mass is 16.2. The van der Waals surface area contributed by atoms with E-state index in [4.69, 9.17) is 5.73 Å². The van der Waals surface area contributed by atoms with Gasteiger partial charge in [-0.3, -0.25) is 9.59 Å². The zero-order valence-corrected chi connectivity index (χ0v) is 13.0. The molecular formula is C18H24N2O2. The van der Waals surface area contributed by atoms with Crippen LogP contribution < -0.4 is 5.73 Å². The molecule has 3 rings (SSSR count). The smallest absolute Gasteiger partial charge is 0.238 e. The molecule has 2 amide bonds. The fourth-order valence-electron chi connectivity index (χ4n) is 3.49. The second-order valence-electron chi connectivity index (χ2n) is 6.73. The van der Waals surface area contributed by atoms with Crippen molar-refractivity contribution < 1.29 is 9.59 Å². The minimum Gasteiger partial charge on any atom is -0.369 e. The van der Waals surface area contributed by atoms with Gasteiger partial charge in [-0.05, 0) is 50.0 Å². The molecule has 2 N–H and O–H groups in total. The molecule has 118 valence electrons. The summed E-state index contributed by atoms with van der Waals surface area (Å²) in [5.74, 6) is 0.0647. The summed E-state index contributed by atoms with van der Waals surface area (Å²) in [5.41, 5.74) is 5.91. The first kappa shape index (κ1) is 15.1. The van der Waals surface area contributed by atoms with Gasteiger partial charge in [0.05, 0.1) is 0 Å². The molecule has 1 aliphatic carbocycles. The van der Waals surface area contributed by atoms with Crippen LogP contribution in [0.3, 0.4) is 0 Å². The SMILES string of the molecule is NC(=O)C1(C(=O)N2CCC[C@@H](CCc3ccccc3)C2)CC1. The summed E-state index contributed by atoms with van der Waals surface area (Å²) >= 11 is 0. The first-order valence-corrected chi connectivity index (χ1v) is 8.25. The molecule has 0 aromatic heterocycles. The maximum absolute atomic E-state index is 12.6. The number of nitrogens with two attached hydrogens (primary N) is 1. The van der Waals surface area contributed by atoms with Crippen LogP contribution in [0.5, 0.6) is 0 Å². The fourth-order valence-corrected chi connectivity index (χ4v) is 3.49. The Bertz CT molecular complexity index is 551. The Hall–Kier alpha value is -1.84. The Labute approximate surface area is 131 Å². The second-order valence-corrected chi connectivity index (χ2v) is 6.73. The monoisotopic (exact) mass is 300 g/mol. The highest BCUT2D eigenvalue weighted by Crippen LogP contribution is 2.47. The zero-order valence-electron chi connectivity index (χ0n) is 13.0. The van der Waals surface area contributed by atoms with Crippen molar-refractivity contribution >= 4 is 11.8 Å². The van der Waals surface area contributed by atoms with Crippen LogP contribution in [0.2, 0.25) is 0 Å². The van der Waals surface area contributed by atoms with Gasteiger partial charge in [0, 0.05) is 13.1 Å². The summed E-state index contributed by atoms with van der Waals surface area (Å²) < 4.78 is 0. The van der Waals surface area contributed by atoms with E-state index >= 15 is 0 Å². The van der Waals surface area contributed by atoms with E-state index < -0.39 is 11.3 Å². The number of hydrogen-bond acceptors (Lipinski definition) is 2. The van der Waals surface area contributed by atoms with Crippen LogP contribution >= 0.6 is 0 Å². The number of carbonyl (C=O) groups excluding carboxylic acids is 2. The molecule has 0 spiro atoms. The van der Waals surface area contributed by atoms with E-state index in [1.165, 1.54) is 12.0 Å². The molecule has 1 aliphatic heterocycles. The summed E-state index contributed by atoms with van der Waals surface area (Å²) in [4.78, 5) is 26.0. The fraction of sp³-hybridized carbons (Fsp3) is 0.556. The van der Waals surface area contributed by atoms with Crippen molar-refractivity contribution in [1.29, 1.82) is 0 Å². The molecule has 1 heterocycles. The summed E-state index contributed by atoms with van der Waals surface area (Å²) in [7, 11) is 0. The molecule has 2 fully saturated rings. The molecule has 0 unspecified atom stereocenters. The molecule has 1 aromatic rings. The average Bonchev–Trinajstić information content (AvgIpc) is 3.35.